The molecule has 0 saturated carbocycles. The number of nitrogens with one attached hydrogen (secondary N) is 2. The molecule has 0 aromatic carbocycles. The highest BCUT2D eigenvalue weighted by atomic mass is 32.1. The average Bonchev–Trinajstić information content (AvgIpc) is 2.80. The Balaban J connectivity index is 1.95. The maximum absolute atomic E-state index is 11.3. The van der Waals surface area contributed by atoms with Crippen molar-refractivity contribution in [3.8, 4) is 0 Å². The summed E-state index contributed by atoms with van der Waals surface area (Å²) in [6.07, 6.45) is 3.37. The van der Waals surface area contributed by atoms with Gasteiger partial charge in [-0.1, -0.05) is 0 Å². The van der Waals surface area contributed by atoms with Crippen LogP contribution in [0, 0.1) is 6.92 Å². The van der Waals surface area contributed by atoms with E-state index in [0.29, 0.717) is 19.5 Å². The lowest BCUT2D eigenvalue weighted by atomic mass is 10.2. The number of unbranched alkanes of at least 4 members (excludes halogenated alkanes) is 1. The summed E-state index contributed by atoms with van der Waals surface area (Å²) in [4.78, 5) is 26.0. The van der Waals surface area contributed by atoms with Gasteiger partial charge in [0.05, 0.1) is 5.01 Å². The number of urea groups is 1. The number of carboxylic acid groups (broad SMARTS) is 1. The number of nitrogens with zero attached hydrogens (tertiary/aromatic N) is 1. The first-order valence-electron chi connectivity index (χ1n) is 6.72. The number of aliphatic carboxylic acids is 1. The smallest absolute Gasteiger partial charge is 0.314 e. The van der Waals surface area contributed by atoms with Crippen molar-refractivity contribution >= 4 is 23.3 Å². The molecule has 20 heavy (non-hydrogen) atoms. The van der Waals surface area contributed by atoms with E-state index in [-0.39, 0.29) is 12.5 Å². The summed E-state index contributed by atoms with van der Waals surface area (Å²) < 4.78 is 0. The summed E-state index contributed by atoms with van der Waals surface area (Å²) >= 11 is 1.67. The molecular weight excluding hydrogens is 278 g/mol. The Hall–Kier alpha value is -1.63. The van der Waals surface area contributed by atoms with Crippen molar-refractivity contribution in [2.45, 2.75) is 39.0 Å². The van der Waals surface area contributed by atoms with E-state index in [1.807, 2.05) is 12.3 Å². The van der Waals surface area contributed by atoms with Crippen molar-refractivity contribution < 1.29 is 14.7 Å². The Kier molecular flexibility index (Phi) is 7.64. The van der Waals surface area contributed by atoms with Crippen LogP contribution in [0.2, 0.25) is 0 Å². The number of carboxylic acids is 1. The topological polar surface area (TPSA) is 91.3 Å². The molecule has 1 aromatic rings. The molecule has 0 spiro atoms. The van der Waals surface area contributed by atoms with Gasteiger partial charge in [0.25, 0.3) is 0 Å². The SMILES string of the molecule is Cc1csc(CCCCNC(=O)NCCCC(=O)O)n1. The first-order chi connectivity index (χ1) is 9.58. The zero-order chi connectivity index (χ0) is 14.8. The molecular formula is C13H21N3O3S. The summed E-state index contributed by atoms with van der Waals surface area (Å²) in [6.45, 7) is 2.99. The third-order valence-electron chi connectivity index (χ3n) is 2.62. The average molecular weight is 299 g/mol. The van der Waals surface area contributed by atoms with Crippen LogP contribution >= 0.6 is 11.3 Å². The van der Waals surface area contributed by atoms with Crippen LogP contribution < -0.4 is 10.6 Å². The number of amides is 2. The minimum absolute atomic E-state index is 0.0769. The number of hydrogen-bond donors (Lipinski definition) is 3. The third kappa shape index (κ3) is 7.73. The Morgan fingerprint density at radius 2 is 1.95 bits per heavy atom. The van der Waals surface area contributed by atoms with Gasteiger partial charge in [-0.05, 0) is 32.6 Å². The Bertz CT molecular complexity index is 434. The Morgan fingerprint density at radius 3 is 2.55 bits per heavy atom. The first kappa shape index (κ1) is 16.4. The number of hydrogen-bond acceptors (Lipinski definition) is 4. The molecule has 6 nitrogen and oxygen atoms in total. The molecule has 0 radical (unpaired) electrons. The fraction of sp³-hybridized carbons (Fsp3) is 0.615. The van der Waals surface area contributed by atoms with Gasteiger partial charge < -0.3 is 15.7 Å². The van der Waals surface area contributed by atoms with E-state index in [4.69, 9.17) is 5.11 Å². The van der Waals surface area contributed by atoms with Gasteiger partial charge in [0.1, 0.15) is 0 Å². The molecule has 0 aliphatic rings. The van der Waals surface area contributed by atoms with Gasteiger partial charge in [-0.2, -0.15) is 0 Å². The second-order valence-corrected chi connectivity index (χ2v) is 5.46. The van der Waals surface area contributed by atoms with Gasteiger partial charge in [0.2, 0.25) is 0 Å². The number of aromatic nitrogens is 1. The molecule has 1 aromatic heterocycles. The maximum atomic E-state index is 11.3. The summed E-state index contributed by atoms with van der Waals surface area (Å²) in [5.74, 6) is -0.843. The van der Waals surface area contributed by atoms with Gasteiger partial charge in [0.15, 0.2) is 0 Å². The van der Waals surface area contributed by atoms with Crippen LogP contribution in [0.15, 0.2) is 5.38 Å². The van der Waals surface area contributed by atoms with Crippen LogP contribution in [0.4, 0.5) is 4.79 Å². The predicted octanol–water partition coefficient (Wildman–Crippen LogP) is 1.94. The van der Waals surface area contributed by atoms with Crippen LogP contribution in [-0.4, -0.2) is 35.2 Å². The standard InChI is InChI=1S/C13H21N3O3S/c1-10-9-20-11(16-10)5-2-3-7-14-13(19)15-8-4-6-12(17)18/h9H,2-8H2,1H3,(H,17,18)(H2,14,15,19). The molecule has 0 saturated heterocycles. The van der Waals surface area contributed by atoms with E-state index in [1.165, 1.54) is 0 Å². The van der Waals surface area contributed by atoms with Crippen LogP contribution in [0.1, 0.15) is 36.4 Å². The van der Waals surface area contributed by atoms with E-state index >= 15 is 0 Å². The Morgan fingerprint density at radius 1 is 1.25 bits per heavy atom. The molecule has 1 rings (SSSR count). The van der Waals surface area contributed by atoms with Crippen molar-refractivity contribution in [3.63, 3.8) is 0 Å². The summed E-state index contributed by atoms with van der Waals surface area (Å²) in [6, 6.07) is -0.236. The maximum Gasteiger partial charge on any atom is 0.314 e. The van der Waals surface area contributed by atoms with Crippen LogP contribution in [-0.2, 0) is 11.2 Å². The van der Waals surface area contributed by atoms with Gasteiger partial charge in [-0.15, -0.1) is 11.3 Å². The Labute approximate surface area is 122 Å². The third-order valence-corrected chi connectivity index (χ3v) is 3.65. The largest absolute Gasteiger partial charge is 0.481 e. The van der Waals surface area contributed by atoms with Crippen LogP contribution in [0.25, 0.3) is 0 Å². The second kappa shape index (κ2) is 9.30. The van der Waals surface area contributed by atoms with E-state index < -0.39 is 5.97 Å². The van der Waals surface area contributed by atoms with Crippen LogP contribution in [0.5, 0.6) is 0 Å². The quantitative estimate of drug-likeness (QED) is 0.608. The number of carbonyl (C=O) groups excluding carboxylic acids is 1. The number of thiazole rings is 1. The molecule has 0 aliphatic heterocycles. The zero-order valence-corrected chi connectivity index (χ0v) is 12.5. The minimum atomic E-state index is -0.843. The summed E-state index contributed by atoms with van der Waals surface area (Å²) in [7, 11) is 0. The van der Waals surface area contributed by atoms with E-state index in [2.05, 4.69) is 15.6 Å². The fourth-order valence-electron chi connectivity index (χ4n) is 1.62. The van der Waals surface area contributed by atoms with Crippen molar-refractivity contribution in [1.29, 1.82) is 0 Å². The van der Waals surface area contributed by atoms with Gasteiger partial charge in [-0.25, -0.2) is 9.78 Å². The lowest BCUT2D eigenvalue weighted by molar-refractivity contribution is -0.137. The highest BCUT2D eigenvalue weighted by molar-refractivity contribution is 7.09. The van der Waals surface area contributed by atoms with Crippen LogP contribution in [0.3, 0.4) is 0 Å². The van der Waals surface area contributed by atoms with E-state index in [0.717, 1.165) is 30.0 Å². The number of carbonyl (C=O) groups is 2. The van der Waals surface area contributed by atoms with Crippen molar-refractivity contribution in [2.24, 2.45) is 0 Å². The lowest BCUT2D eigenvalue weighted by Gasteiger charge is -2.06. The zero-order valence-electron chi connectivity index (χ0n) is 11.6. The lowest BCUT2D eigenvalue weighted by Crippen LogP contribution is -2.36. The van der Waals surface area contributed by atoms with Gasteiger partial charge in [0, 0.05) is 30.6 Å². The van der Waals surface area contributed by atoms with Gasteiger partial charge in [-0.3, -0.25) is 4.79 Å². The molecule has 112 valence electrons. The number of aryl methyl sites for hydroxylation is 2. The monoisotopic (exact) mass is 299 g/mol. The van der Waals surface area contributed by atoms with Gasteiger partial charge >= 0.3 is 12.0 Å². The molecule has 0 atom stereocenters. The highest BCUT2D eigenvalue weighted by Gasteiger charge is 2.01. The fourth-order valence-corrected chi connectivity index (χ4v) is 2.44. The first-order valence-corrected chi connectivity index (χ1v) is 7.60. The summed E-state index contributed by atoms with van der Waals surface area (Å²) in [5, 5.41) is 17.0. The molecule has 2 amide bonds. The predicted molar refractivity (Wildman–Crippen MR) is 78.1 cm³/mol. The highest BCUT2D eigenvalue weighted by Crippen LogP contribution is 2.11. The molecule has 0 aliphatic carbocycles. The number of rotatable bonds is 9. The van der Waals surface area contributed by atoms with E-state index in [9.17, 15) is 9.59 Å². The normalized spacial score (nSPS) is 10.2. The molecule has 3 N–H and O–H groups in total. The second-order valence-electron chi connectivity index (χ2n) is 4.52. The molecule has 1 heterocycles. The molecule has 7 heteroatoms. The molecule has 0 unspecified atom stereocenters. The van der Waals surface area contributed by atoms with Crippen molar-refractivity contribution in [2.75, 3.05) is 13.1 Å². The molecule has 0 bridgehead atoms. The minimum Gasteiger partial charge on any atom is -0.481 e. The summed E-state index contributed by atoms with van der Waals surface area (Å²) in [5.41, 5.74) is 1.06. The van der Waals surface area contributed by atoms with E-state index in [1.54, 1.807) is 11.3 Å². The van der Waals surface area contributed by atoms with Crippen molar-refractivity contribution in [1.82, 2.24) is 15.6 Å². The molecule has 0 fully saturated rings. The van der Waals surface area contributed by atoms with Crippen molar-refractivity contribution in [3.05, 3.63) is 16.1 Å².